The average Bonchev–Trinajstić information content (AvgIpc) is 3.77. The Balaban J connectivity index is 1.26. The predicted molar refractivity (Wildman–Crippen MR) is 172 cm³/mol. The highest BCUT2D eigenvalue weighted by Crippen LogP contribution is 2.45. The van der Waals surface area contributed by atoms with E-state index in [0.29, 0.717) is 33.1 Å². The lowest BCUT2D eigenvalue weighted by Crippen LogP contribution is -2.29. The van der Waals surface area contributed by atoms with Gasteiger partial charge in [-0.25, -0.2) is 0 Å². The van der Waals surface area contributed by atoms with Crippen LogP contribution in [0.5, 0.6) is 5.75 Å². The molecule has 0 radical (unpaired) electrons. The van der Waals surface area contributed by atoms with Crippen LogP contribution in [-0.4, -0.2) is 27.0 Å². The number of aliphatic hydroxyl groups is 1. The lowest BCUT2D eigenvalue weighted by Gasteiger charge is -2.20. The van der Waals surface area contributed by atoms with Crippen molar-refractivity contribution < 1.29 is 19.4 Å². The third-order valence-corrected chi connectivity index (χ3v) is 10.2. The minimum atomic E-state index is -0.820. The molecule has 3 heterocycles. The third kappa shape index (κ3) is 6.13. The molecule has 1 N–H and O–H groups in total. The molecule has 1 amide bonds. The highest BCUT2D eigenvalue weighted by molar-refractivity contribution is 8.00. The number of anilines is 1. The van der Waals surface area contributed by atoms with E-state index in [2.05, 4.69) is 34.5 Å². The molecule has 0 aliphatic carbocycles. The summed E-state index contributed by atoms with van der Waals surface area (Å²) in [5.41, 5.74) is 5.00. The molecule has 1 atom stereocenters. The van der Waals surface area contributed by atoms with Crippen LogP contribution in [0.2, 0.25) is 0 Å². The Hall–Kier alpha value is -4.25. The summed E-state index contributed by atoms with van der Waals surface area (Å²) >= 11 is 4.17. The topological polar surface area (TPSA) is 92.6 Å². The number of carbonyl (C=O) groups excluding carboxylic acids is 2. The van der Waals surface area contributed by atoms with Crippen LogP contribution in [0.25, 0.3) is 5.76 Å². The molecule has 1 fully saturated rings. The second-order valence-corrected chi connectivity index (χ2v) is 13.2. The number of ketones is 1. The first-order valence-corrected chi connectivity index (χ1v) is 16.2. The molecule has 1 saturated heterocycles. The Labute approximate surface area is 261 Å². The monoisotopic (exact) mass is 625 g/mol. The zero-order valence-electron chi connectivity index (χ0n) is 23.4. The first-order chi connectivity index (χ1) is 20.9. The second-order valence-electron chi connectivity index (χ2n) is 10.0. The van der Waals surface area contributed by atoms with Gasteiger partial charge < -0.3 is 9.84 Å². The normalized spacial score (nSPS) is 16.1. The van der Waals surface area contributed by atoms with Crippen LogP contribution >= 0.6 is 34.4 Å². The number of thiophene rings is 1. The zero-order valence-corrected chi connectivity index (χ0v) is 25.8. The summed E-state index contributed by atoms with van der Waals surface area (Å²) in [7, 11) is 0. The molecule has 6 rings (SSSR count). The molecule has 216 valence electrons. The molecule has 3 aromatic carbocycles. The van der Waals surface area contributed by atoms with Crippen molar-refractivity contribution in [2.75, 3.05) is 4.90 Å². The van der Waals surface area contributed by atoms with Crippen LogP contribution in [0.1, 0.15) is 38.7 Å². The van der Waals surface area contributed by atoms with Gasteiger partial charge in [0.2, 0.25) is 5.13 Å². The molecule has 0 saturated carbocycles. The fourth-order valence-corrected chi connectivity index (χ4v) is 7.38. The number of aromatic nitrogens is 2. The summed E-state index contributed by atoms with van der Waals surface area (Å²) in [6, 6.07) is 26.0. The van der Waals surface area contributed by atoms with Crippen molar-refractivity contribution in [2.24, 2.45) is 0 Å². The molecule has 1 unspecified atom stereocenters. The van der Waals surface area contributed by atoms with Crippen molar-refractivity contribution in [3.05, 3.63) is 129 Å². The predicted octanol–water partition coefficient (Wildman–Crippen LogP) is 7.71. The SMILES string of the molecule is Cc1ccc(CSc2nnc(N3C(=O)C(=O)C(=C(O)c4ccc(OCc5ccccc5C)cc4)C3c3cccs3)s2)cc1. The van der Waals surface area contributed by atoms with E-state index in [0.717, 1.165) is 21.6 Å². The van der Waals surface area contributed by atoms with Crippen LogP contribution in [0, 0.1) is 13.8 Å². The van der Waals surface area contributed by atoms with Gasteiger partial charge in [0.25, 0.3) is 5.78 Å². The maximum atomic E-state index is 13.4. The highest BCUT2D eigenvalue weighted by Gasteiger charge is 2.48. The van der Waals surface area contributed by atoms with Crippen LogP contribution in [0.15, 0.2) is 100 Å². The number of thioether (sulfide) groups is 1. The quantitative estimate of drug-likeness (QED) is 0.0590. The summed E-state index contributed by atoms with van der Waals surface area (Å²) in [5.74, 6) is -0.431. The first-order valence-electron chi connectivity index (χ1n) is 13.5. The zero-order chi connectivity index (χ0) is 29.9. The summed E-state index contributed by atoms with van der Waals surface area (Å²) < 4.78 is 6.62. The number of nitrogens with zero attached hydrogens (tertiary/aromatic N) is 3. The Bertz CT molecular complexity index is 1800. The van der Waals surface area contributed by atoms with Gasteiger partial charge >= 0.3 is 5.91 Å². The van der Waals surface area contributed by atoms with Gasteiger partial charge in [0.1, 0.15) is 24.2 Å². The Morgan fingerprint density at radius 2 is 1.72 bits per heavy atom. The van der Waals surface area contributed by atoms with Gasteiger partial charge in [-0.1, -0.05) is 83.3 Å². The largest absolute Gasteiger partial charge is 0.507 e. The number of carbonyl (C=O) groups is 2. The van der Waals surface area contributed by atoms with Gasteiger partial charge in [0.05, 0.1) is 5.57 Å². The number of ether oxygens (including phenoxy) is 1. The molecule has 2 aromatic heterocycles. The van der Waals surface area contributed by atoms with Gasteiger partial charge in [-0.15, -0.1) is 21.5 Å². The van der Waals surface area contributed by atoms with E-state index in [1.165, 1.54) is 44.9 Å². The molecule has 43 heavy (non-hydrogen) atoms. The molecule has 0 bridgehead atoms. The maximum Gasteiger partial charge on any atom is 0.301 e. The number of aryl methyl sites for hydroxylation is 2. The molecule has 7 nitrogen and oxygen atoms in total. The van der Waals surface area contributed by atoms with Crippen molar-refractivity contribution in [3.63, 3.8) is 0 Å². The van der Waals surface area contributed by atoms with E-state index in [9.17, 15) is 14.7 Å². The smallest absolute Gasteiger partial charge is 0.301 e. The van der Waals surface area contributed by atoms with Crippen molar-refractivity contribution in [2.45, 2.75) is 36.6 Å². The fraction of sp³-hybridized carbons (Fsp3) is 0.152. The third-order valence-electron chi connectivity index (χ3n) is 7.13. The van der Waals surface area contributed by atoms with Gasteiger partial charge in [-0.05, 0) is 66.2 Å². The van der Waals surface area contributed by atoms with E-state index in [1.807, 2.05) is 55.6 Å². The summed E-state index contributed by atoms with van der Waals surface area (Å²) in [5, 5.41) is 22.2. The standard InChI is InChI=1S/C33H27N3O4S3/c1-20-9-11-22(12-10-20)19-42-33-35-34-32(43-33)36-28(26-8-5-17-41-26)27(30(38)31(36)39)29(37)23-13-15-25(16-14-23)40-18-24-7-4-3-6-21(24)2/h3-17,28,37H,18-19H2,1-2H3. The molecule has 5 aromatic rings. The number of benzene rings is 3. The van der Waals surface area contributed by atoms with E-state index in [1.54, 1.807) is 24.3 Å². The highest BCUT2D eigenvalue weighted by atomic mass is 32.2. The molecule has 0 spiro atoms. The Kier molecular flexibility index (Phi) is 8.42. The molecule has 1 aliphatic rings. The van der Waals surface area contributed by atoms with Gasteiger partial charge in [0, 0.05) is 16.2 Å². The first kappa shape index (κ1) is 28.9. The molecular weight excluding hydrogens is 599 g/mol. The minimum Gasteiger partial charge on any atom is -0.507 e. The Morgan fingerprint density at radius 1 is 0.953 bits per heavy atom. The molecular formula is C33H27N3O4S3. The lowest BCUT2D eigenvalue weighted by molar-refractivity contribution is -0.132. The number of aliphatic hydroxyl groups excluding tert-OH is 1. The summed E-state index contributed by atoms with van der Waals surface area (Å²) in [6.07, 6.45) is 0. The Morgan fingerprint density at radius 3 is 2.44 bits per heavy atom. The van der Waals surface area contributed by atoms with Crippen LogP contribution in [0.3, 0.4) is 0 Å². The van der Waals surface area contributed by atoms with E-state index in [-0.39, 0.29) is 11.3 Å². The van der Waals surface area contributed by atoms with Crippen molar-refractivity contribution in [1.82, 2.24) is 10.2 Å². The lowest BCUT2D eigenvalue weighted by atomic mass is 10.00. The number of rotatable bonds is 9. The van der Waals surface area contributed by atoms with Crippen LogP contribution in [0.4, 0.5) is 5.13 Å². The number of amides is 1. The van der Waals surface area contributed by atoms with Crippen molar-refractivity contribution in [1.29, 1.82) is 0 Å². The number of hydrogen-bond donors (Lipinski definition) is 1. The van der Waals surface area contributed by atoms with Gasteiger partial charge in [-0.3, -0.25) is 14.5 Å². The van der Waals surface area contributed by atoms with Gasteiger partial charge in [-0.2, -0.15) is 0 Å². The average molecular weight is 626 g/mol. The number of hydrogen-bond acceptors (Lipinski definition) is 9. The van der Waals surface area contributed by atoms with E-state index < -0.39 is 17.7 Å². The second kappa shape index (κ2) is 12.5. The van der Waals surface area contributed by atoms with Crippen molar-refractivity contribution in [3.8, 4) is 5.75 Å². The van der Waals surface area contributed by atoms with Crippen molar-refractivity contribution >= 4 is 57.0 Å². The van der Waals surface area contributed by atoms with Crippen LogP contribution < -0.4 is 9.64 Å². The summed E-state index contributed by atoms with van der Waals surface area (Å²) in [6.45, 7) is 4.49. The van der Waals surface area contributed by atoms with E-state index in [4.69, 9.17) is 4.74 Å². The molecule has 1 aliphatic heterocycles. The van der Waals surface area contributed by atoms with Crippen LogP contribution in [-0.2, 0) is 21.9 Å². The molecule has 10 heteroatoms. The fourth-order valence-electron chi connectivity index (χ4n) is 4.73. The summed E-state index contributed by atoms with van der Waals surface area (Å²) in [4.78, 5) is 29.0. The maximum absolute atomic E-state index is 13.4. The van der Waals surface area contributed by atoms with Gasteiger partial charge in [0.15, 0.2) is 4.34 Å². The number of Topliss-reactive ketones (excluding diaryl/α,β-unsaturated/α-hetero) is 1. The minimum absolute atomic E-state index is 0.0186. The van der Waals surface area contributed by atoms with E-state index >= 15 is 0 Å².